The van der Waals surface area contributed by atoms with Crippen LogP contribution in [-0.2, 0) is 9.53 Å². The standard InChI is InChI=1S/C17H31IO2/c1-2-20-17(19)15-13-11-9-7-5-3-4-6-8-10-12-14-16-18/h13,15H,2-12,14,16H2,1H3/b15-13+. The second-order valence-corrected chi connectivity index (χ2v) is 6.25. The predicted molar refractivity (Wildman–Crippen MR) is 95.4 cm³/mol. The second-order valence-electron chi connectivity index (χ2n) is 5.17. The molecule has 20 heavy (non-hydrogen) atoms. The monoisotopic (exact) mass is 394 g/mol. The summed E-state index contributed by atoms with van der Waals surface area (Å²) in [7, 11) is 0. The zero-order valence-electron chi connectivity index (χ0n) is 13.0. The van der Waals surface area contributed by atoms with Crippen molar-refractivity contribution in [2.24, 2.45) is 0 Å². The van der Waals surface area contributed by atoms with Gasteiger partial charge in [0.1, 0.15) is 0 Å². The van der Waals surface area contributed by atoms with E-state index in [0.29, 0.717) is 6.61 Å². The third kappa shape index (κ3) is 16.0. The minimum absolute atomic E-state index is 0.213. The molecule has 118 valence electrons. The molecule has 0 spiro atoms. The van der Waals surface area contributed by atoms with E-state index in [4.69, 9.17) is 4.74 Å². The molecule has 3 heteroatoms. The van der Waals surface area contributed by atoms with Gasteiger partial charge in [-0.3, -0.25) is 0 Å². The maximum Gasteiger partial charge on any atom is 0.330 e. The molecule has 0 aromatic rings. The summed E-state index contributed by atoms with van der Waals surface area (Å²) in [5.74, 6) is -0.213. The van der Waals surface area contributed by atoms with Gasteiger partial charge in [0.05, 0.1) is 6.61 Å². The molecule has 0 aromatic heterocycles. The number of carbonyl (C=O) groups is 1. The summed E-state index contributed by atoms with van der Waals surface area (Å²) in [6, 6.07) is 0. The Kier molecular flexibility index (Phi) is 16.9. The topological polar surface area (TPSA) is 26.3 Å². The number of carbonyl (C=O) groups excluding carboxylic acids is 1. The van der Waals surface area contributed by atoms with Gasteiger partial charge in [0.2, 0.25) is 0 Å². The van der Waals surface area contributed by atoms with Gasteiger partial charge in [-0.1, -0.05) is 80.0 Å². The first kappa shape index (κ1) is 19.9. The van der Waals surface area contributed by atoms with E-state index in [2.05, 4.69) is 22.6 Å². The maximum absolute atomic E-state index is 11.0. The van der Waals surface area contributed by atoms with E-state index in [1.807, 2.05) is 13.0 Å². The van der Waals surface area contributed by atoms with E-state index in [9.17, 15) is 4.79 Å². The Morgan fingerprint density at radius 1 is 0.900 bits per heavy atom. The number of allylic oxidation sites excluding steroid dienone is 1. The highest BCUT2D eigenvalue weighted by Gasteiger charge is 1.94. The van der Waals surface area contributed by atoms with Gasteiger partial charge >= 0.3 is 5.97 Å². The largest absolute Gasteiger partial charge is 0.463 e. The Bertz CT molecular complexity index is 239. The van der Waals surface area contributed by atoms with Gasteiger partial charge in [-0.15, -0.1) is 0 Å². The van der Waals surface area contributed by atoms with Crippen molar-refractivity contribution >= 4 is 28.6 Å². The van der Waals surface area contributed by atoms with E-state index in [0.717, 1.165) is 6.42 Å². The average Bonchev–Trinajstić information content (AvgIpc) is 2.44. The molecule has 0 saturated heterocycles. The van der Waals surface area contributed by atoms with Crippen LogP contribution in [0.1, 0.15) is 77.6 Å². The van der Waals surface area contributed by atoms with Crippen molar-refractivity contribution in [1.29, 1.82) is 0 Å². The van der Waals surface area contributed by atoms with Gasteiger partial charge in [-0.25, -0.2) is 4.79 Å². The van der Waals surface area contributed by atoms with Crippen LogP contribution in [0.3, 0.4) is 0 Å². The van der Waals surface area contributed by atoms with Crippen LogP contribution in [0, 0.1) is 0 Å². The first-order chi connectivity index (χ1) is 9.81. The smallest absolute Gasteiger partial charge is 0.330 e. The summed E-state index contributed by atoms with van der Waals surface area (Å²) < 4.78 is 6.13. The van der Waals surface area contributed by atoms with E-state index in [1.165, 1.54) is 68.6 Å². The Labute approximate surface area is 138 Å². The van der Waals surface area contributed by atoms with Crippen LogP contribution < -0.4 is 0 Å². The number of ether oxygens (including phenoxy) is 1. The minimum Gasteiger partial charge on any atom is -0.463 e. The fraction of sp³-hybridized carbons (Fsp3) is 0.824. The normalized spacial score (nSPS) is 11.1. The molecule has 0 aliphatic rings. The number of esters is 1. The van der Waals surface area contributed by atoms with E-state index in [-0.39, 0.29) is 5.97 Å². The van der Waals surface area contributed by atoms with E-state index >= 15 is 0 Å². The van der Waals surface area contributed by atoms with Crippen molar-refractivity contribution in [2.75, 3.05) is 11.0 Å². The molecule has 0 bridgehead atoms. The molecule has 0 atom stereocenters. The summed E-state index contributed by atoms with van der Waals surface area (Å²) in [4.78, 5) is 11.0. The Balaban J connectivity index is 3.11. The van der Waals surface area contributed by atoms with Gasteiger partial charge in [0.15, 0.2) is 0 Å². The summed E-state index contributed by atoms with van der Waals surface area (Å²) in [5, 5.41) is 0. The molecule has 0 radical (unpaired) electrons. The van der Waals surface area contributed by atoms with Gasteiger partial charge < -0.3 is 4.74 Å². The molecule has 0 aromatic carbocycles. The molecule has 0 heterocycles. The molecule has 0 fully saturated rings. The van der Waals surface area contributed by atoms with Crippen molar-refractivity contribution in [3.63, 3.8) is 0 Å². The molecule has 2 nitrogen and oxygen atoms in total. The minimum atomic E-state index is -0.213. The van der Waals surface area contributed by atoms with Crippen molar-refractivity contribution in [3.8, 4) is 0 Å². The summed E-state index contributed by atoms with van der Waals surface area (Å²) >= 11 is 2.46. The van der Waals surface area contributed by atoms with Crippen LogP contribution in [0.4, 0.5) is 0 Å². The lowest BCUT2D eigenvalue weighted by molar-refractivity contribution is -0.137. The van der Waals surface area contributed by atoms with Gasteiger partial charge in [0.25, 0.3) is 0 Å². The van der Waals surface area contributed by atoms with E-state index in [1.54, 1.807) is 6.08 Å². The molecule has 0 aliphatic carbocycles. The fourth-order valence-corrected chi connectivity index (χ4v) is 2.68. The summed E-state index contributed by atoms with van der Waals surface area (Å²) in [6.07, 6.45) is 18.1. The zero-order chi connectivity index (χ0) is 14.9. The Hall–Kier alpha value is -0.0600. The summed E-state index contributed by atoms with van der Waals surface area (Å²) in [6.45, 7) is 2.29. The second kappa shape index (κ2) is 17.0. The molecule has 0 saturated carbocycles. The average molecular weight is 394 g/mol. The number of hydrogen-bond donors (Lipinski definition) is 0. The van der Waals surface area contributed by atoms with Crippen molar-refractivity contribution in [3.05, 3.63) is 12.2 Å². The number of halogens is 1. The zero-order valence-corrected chi connectivity index (χ0v) is 15.2. The number of rotatable bonds is 14. The lowest BCUT2D eigenvalue weighted by Crippen LogP contribution is -1.98. The molecular formula is C17H31IO2. The van der Waals surface area contributed by atoms with Crippen LogP contribution in [0.15, 0.2) is 12.2 Å². The SMILES string of the molecule is CCOC(=O)/C=C/CCCCCCCCCCCCI. The highest BCUT2D eigenvalue weighted by Crippen LogP contribution is 2.11. The fourth-order valence-electron chi connectivity index (χ4n) is 2.14. The van der Waals surface area contributed by atoms with Crippen molar-refractivity contribution < 1.29 is 9.53 Å². The summed E-state index contributed by atoms with van der Waals surface area (Å²) in [5.41, 5.74) is 0. The number of hydrogen-bond acceptors (Lipinski definition) is 2. The van der Waals surface area contributed by atoms with Crippen molar-refractivity contribution in [1.82, 2.24) is 0 Å². The van der Waals surface area contributed by atoms with Crippen LogP contribution in [0.25, 0.3) is 0 Å². The highest BCUT2D eigenvalue weighted by atomic mass is 127. The van der Waals surface area contributed by atoms with Gasteiger partial charge in [-0.05, 0) is 30.6 Å². The third-order valence-electron chi connectivity index (χ3n) is 3.29. The Morgan fingerprint density at radius 2 is 1.40 bits per heavy atom. The molecular weight excluding hydrogens is 363 g/mol. The van der Waals surface area contributed by atoms with Crippen LogP contribution in [0.2, 0.25) is 0 Å². The van der Waals surface area contributed by atoms with Crippen LogP contribution >= 0.6 is 22.6 Å². The Morgan fingerprint density at radius 3 is 1.90 bits per heavy atom. The predicted octanol–water partition coefficient (Wildman–Crippen LogP) is 5.83. The number of unbranched alkanes of at least 4 members (excludes halogenated alkanes) is 10. The molecule has 0 aliphatic heterocycles. The van der Waals surface area contributed by atoms with Crippen LogP contribution in [0.5, 0.6) is 0 Å². The third-order valence-corrected chi connectivity index (χ3v) is 4.06. The van der Waals surface area contributed by atoms with Crippen LogP contribution in [-0.4, -0.2) is 17.0 Å². The first-order valence-corrected chi connectivity index (χ1v) is 9.73. The van der Waals surface area contributed by atoms with Crippen molar-refractivity contribution in [2.45, 2.75) is 77.6 Å². The quantitative estimate of drug-likeness (QED) is 0.122. The maximum atomic E-state index is 11.0. The van der Waals surface area contributed by atoms with Gasteiger partial charge in [0, 0.05) is 6.08 Å². The molecule has 0 amide bonds. The lowest BCUT2D eigenvalue weighted by atomic mass is 10.1. The molecule has 0 rings (SSSR count). The first-order valence-electron chi connectivity index (χ1n) is 8.20. The number of alkyl halides is 1. The lowest BCUT2D eigenvalue weighted by Gasteiger charge is -2.01. The molecule has 0 unspecified atom stereocenters. The molecule has 0 N–H and O–H groups in total. The van der Waals surface area contributed by atoms with E-state index < -0.39 is 0 Å². The highest BCUT2D eigenvalue weighted by molar-refractivity contribution is 14.1. The van der Waals surface area contributed by atoms with Gasteiger partial charge in [-0.2, -0.15) is 0 Å².